The molecule has 18 heavy (non-hydrogen) atoms. The highest BCUT2D eigenvalue weighted by atomic mass is 16.5. The summed E-state index contributed by atoms with van der Waals surface area (Å²) in [5.74, 6) is -0.991. The van der Waals surface area contributed by atoms with Crippen LogP contribution in [0.1, 0.15) is 29.4 Å². The fourth-order valence-electron chi connectivity index (χ4n) is 2.31. The molecule has 6 nitrogen and oxygen atoms in total. The van der Waals surface area contributed by atoms with Crippen LogP contribution in [0.2, 0.25) is 0 Å². The van der Waals surface area contributed by atoms with E-state index in [4.69, 9.17) is 9.84 Å². The maximum absolute atomic E-state index is 11.1. The fraction of sp³-hybridized carbons (Fsp3) is 0.583. The zero-order valence-corrected chi connectivity index (χ0v) is 10.5. The van der Waals surface area contributed by atoms with Gasteiger partial charge in [0.25, 0.3) is 0 Å². The van der Waals surface area contributed by atoms with Gasteiger partial charge in [-0.15, -0.1) is 0 Å². The topological polar surface area (TPSA) is 75.5 Å². The number of aromatic carboxylic acids is 1. The van der Waals surface area contributed by atoms with Gasteiger partial charge in [-0.05, 0) is 20.4 Å². The Balaban J connectivity index is 2.11. The molecular formula is C12H17N3O3. The Morgan fingerprint density at radius 3 is 3.06 bits per heavy atom. The Hall–Kier alpha value is -1.53. The summed E-state index contributed by atoms with van der Waals surface area (Å²) in [7, 11) is 1.96. The number of hydrogen-bond donors (Lipinski definition) is 1. The highest BCUT2D eigenvalue weighted by Gasteiger charge is 2.28. The molecule has 1 aliphatic rings. The molecule has 2 heterocycles. The van der Waals surface area contributed by atoms with Gasteiger partial charge < -0.3 is 9.84 Å². The van der Waals surface area contributed by atoms with Crippen LogP contribution in [0, 0.1) is 0 Å². The largest absolute Gasteiger partial charge is 0.478 e. The molecule has 2 atom stereocenters. The van der Waals surface area contributed by atoms with Crippen molar-refractivity contribution >= 4 is 5.97 Å². The molecule has 1 aliphatic heterocycles. The van der Waals surface area contributed by atoms with Crippen LogP contribution in [-0.2, 0) is 11.3 Å². The van der Waals surface area contributed by atoms with E-state index in [1.807, 2.05) is 14.0 Å². The number of hydrogen-bond acceptors (Lipinski definition) is 5. The standard InChI is InChI=1S/C12H17N3O3/c1-8-11(3-4-18-8)15(2)6-10-9(12(16)17)5-13-7-14-10/h5,7-8,11H,3-4,6H2,1-2H3,(H,16,17). The van der Waals surface area contributed by atoms with Crippen LogP contribution in [0.15, 0.2) is 12.5 Å². The average molecular weight is 251 g/mol. The Morgan fingerprint density at radius 1 is 1.67 bits per heavy atom. The van der Waals surface area contributed by atoms with Crippen molar-refractivity contribution in [3.8, 4) is 0 Å². The fourth-order valence-corrected chi connectivity index (χ4v) is 2.31. The summed E-state index contributed by atoms with van der Waals surface area (Å²) in [6.07, 6.45) is 3.85. The molecule has 6 heteroatoms. The van der Waals surface area contributed by atoms with E-state index in [-0.39, 0.29) is 11.7 Å². The minimum Gasteiger partial charge on any atom is -0.478 e. The van der Waals surface area contributed by atoms with Gasteiger partial charge in [0.2, 0.25) is 0 Å². The van der Waals surface area contributed by atoms with Gasteiger partial charge in [-0.2, -0.15) is 0 Å². The molecule has 1 fully saturated rings. The number of aromatic nitrogens is 2. The number of carbonyl (C=O) groups is 1. The number of carboxylic acids is 1. The summed E-state index contributed by atoms with van der Waals surface area (Å²) in [6.45, 7) is 3.28. The van der Waals surface area contributed by atoms with E-state index in [9.17, 15) is 4.79 Å². The number of ether oxygens (including phenoxy) is 1. The molecule has 98 valence electrons. The van der Waals surface area contributed by atoms with E-state index in [0.717, 1.165) is 13.0 Å². The molecule has 0 radical (unpaired) electrons. The van der Waals surface area contributed by atoms with E-state index >= 15 is 0 Å². The Labute approximate surface area is 106 Å². The van der Waals surface area contributed by atoms with E-state index < -0.39 is 5.97 Å². The molecular weight excluding hydrogens is 234 g/mol. The molecule has 1 N–H and O–H groups in total. The van der Waals surface area contributed by atoms with E-state index in [2.05, 4.69) is 14.9 Å². The highest BCUT2D eigenvalue weighted by Crippen LogP contribution is 2.20. The quantitative estimate of drug-likeness (QED) is 0.852. The van der Waals surface area contributed by atoms with Crippen LogP contribution in [0.5, 0.6) is 0 Å². The SMILES string of the molecule is CC1OCCC1N(C)Cc1ncncc1C(=O)O. The van der Waals surface area contributed by atoms with E-state index in [0.29, 0.717) is 18.3 Å². The molecule has 1 saturated heterocycles. The second-order valence-corrected chi connectivity index (χ2v) is 4.54. The number of likely N-dealkylation sites (N-methyl/N-ethyl adjacent to an activating group) is 1. The molecule has 0 spiro atoms. The van der Waals surface area contributed by atoms with Crippen molar-refractivity contribution in [1.82, 2.24) is 14.9 Å². The summed E-state index contributed by atoms with van der Waals surface area (Å²) in [5.41, 5.74) is 0.704. The molecule has 1 aromatic rings. The maximum Gasteiger partial charge on any atom is 0.339 e. The van der Waals surface area contributed by atoms with Gasteiger partial charge in [-0.3, -0.25) is 4.90 Å². The average Bonchev–Trinajstić information content (AvgIpc) is 2.76. The van der Waals surface area contributed by atoms with E-state index in [1.165, 1.54) is 12.5 Å². The molecule has 0 bridgehead atoms. The second kappa shape index (κ2) is 5.41. The van der Waals surface area contributed by atoms with Crippen molar-refractivity contribution in [1.29, 1.82) is 0 Å². The summed E-state index contributed by atoms with van der Waals surface area (Å²) in [4.78, 5) is 21.0. The second-order valence-electron chi connectivity index (χ2n) is 4.54. The zero-order chi connectivity index (χ0) is 13.1. The monoisotopic (exact) mass is 251 g/mol. The molecule has 1 aromatic heterocycles. The molecule has 0 aromatic carbocycles. The molecule has 2 unspecified atom stereocenters. The number of carboxylic acid groups (broad SMARTS) is 1. The lowest BCUT2D eigenvalue weighted by atomic mass is 10.1. The molecule has 2 rings (SSSR count). The first kappa shape index (κ1) is 12.9. The Kier molecular flexibility index (Phi) is 3.88. The first-order valence-corrected chi connectivity index (χ1v) is 5.93. The van der Waals surface area contributed by atoms with Crippen LogP contribution < -0.4 is 0 Å². The third-order valence-electron chi connectivity index (χ3n) is 3.33. The van der Waals surface area contributed by atoms with Gasteiger partial charge in [-0.25, -0.2) is 14.8 Å². The smallest absolute Gasteiger partial charge is 0.339 e. The van der Waals surface area contributed by atoms with Gasteiger partial charge in [0.15, 0.2) is 0 Å². The minimum absolute atomic E-state index is 0.163. The van der Waals surface area contributed by atoms with Crippen molar-refractivity contribution in [3.05, 3.63) is 23.8 Å². The van der Waals surface area contributed by atoms with Crippen LogP contribution in [0.25, 0.3) is 0 Å². The summed E-state index contributed by atoms with van der Waals surface area (Å²) >= 11 is 0. The van der Waals surface area contributed by atoms with Crippen molar-refractivity contribution in [2.45, 2.75) is 32.0 Å². The summed E-state index contributed by atoms with van der Waals surface area (Å²) < 4.78 is 5.51. The predicted octanol–water partition coefficient (Wildman–Crippen LogP) is 0.784. The highest BCUT2D eigenvalue weighted by molar-refractivity contribution is 5.88. The third-order valence-corrected chi connectivity index (χ3v) is 3.33. The Morgan fingerprint density at radius 2 is 2.44 bits per heavy atom. The lowest BCUT2D eigenvalue weighted by molar-refractivity contribution is 0.0688. The molecule has 0 aliphatic carbocycles. The van der Waals surface area contributed by atoms with E-state index in [1.54, 1.807) is 0 Å². The van der Waals surface area contributed by atoms with Gasteiger partial charge in [0.1, 0.15) is 11.9 Å². The van der Waals surface area contributed by atoms with Gasteiger partial charge in [-0.1, -0.05) is 0 Å². The lowest BCUT2D eigenvalue weighted by Crippen LogP contribution is -2.36. The maximum atomic E-state index is 11.1. The molecule has 0 saturated carbocycles. The van der Waals surface area contributed by atoms with Crippen molar-refractivity contribution in [2.75, 3.05) is 13.7 Å². The summed E-state index contributed by atoms with van der Waals surface area (Å²) in [5, 5.41) is 9.07. The predicted molar refractivity (Wildman–Crippen MR) is 64.3 cm³/mol. The van der Waals surface area contributed by atoms with Gasteiger partial charge in [0, 0.05) is 25.4 Å². The minimum atomic E-state index is -0.991. The van der Waals surface area contributed by atoms with Crippen molar-refractivity contribution < 1.29 is 14.6 Å². The third kappa shape index (κ3) is 2.65. The number of nitrogens with zero attached hydrogens (tertiary/aromatic N) is 3. The van der Waals surface area contributed by atoms with Crippen LogP contribution in [-0.4, -0.2) is 51.7 Å². The Bertz CT molecular complexity index is 438. The van der Waals surface area contributed by atoms with Crippen molar-refractivity contribution in [2.24, 2.45) is 0 Å². The first-order chi connectivity index (χ1) is 8.59. The van der Waals surface area contributed by atoms with Gasteiger partial charge >= 0.3 is 5.97 Å². The first-order valence-electron chi connectivity index (χ1n) is 5.93. The normalized spacial score (nSPS) is 23.5. The molecule has 0 amide bonds. The van der Waals surface area contributed by atoms with Crippen LogP contribution in [0.3, 0.4) is 0 Å². The van der Waals surface area contributed by atoms with Crippen LogP contribution in [0.4, 0.5) is 0 Å². The lowest BCUT2D eigenvalue weighted by Gasteiger charge is -2.26. The van der Waals surface area contributed by atoms with Crippen molar-refractivity contribution in [3.63, 3.8) is 0 Å². The zero-order valence-electron chi connectivity index (χ0n) is 10.5. The van der Waals surface area contributed by atoms with Gasteiger partial charge in [0.05, 0.1) is 11.8 Å². The van der Waals surface area contributed by atoms with Crippen LogP contribution >= 0.6 is 0 Å². The summed E-state index contributed by atoms with van der Waals surface area (Å²) in [6, 6.07) is 0.307. The number of rotatable bonds is 4.